The van der Waals surface area contributed by atoms with Crippen molar-refractivity contribution in [2.24, 2.45) is 5.92 Å². The maximum Gasteiger partial charge on any atom is 0.123 e. The summed E-state index contributed by atoms with van der Waals surface area (Å²) in [6.07, 6.45) is 8.25. The van der Waals surface area contributed by atoms with Crippen LogP contribution in [0.2, 0.25) is 0 Å². The molecule has 0 atom stereocenters. The molecule has 160 valence electrons. The van der Waals surface area contributed by atoms with E-state index in [4.69, 9.17) is 9.47 Å². The zero-order valence-electron chi connectivity index (χ0n) is 19.1. The minimum atomic E-state index is 0.00904. The molecule has 0 aliphatic carbocycles. The Morgan fingerprint density at radius 3 is 1.48 bits per heavy atom. The lowest BCUT2D eigenvalue weighted by Crippen LogP contribution is -2.00. The summed E-state index contributed by atoms with van der Waals surface area (Å²) in [7, 11) is 0. The lowest BCUT2D eigenvalue weighted by Gasteiger charge is -2.11. The first kappa shape index (κ1) is 28.0. The summed E-state index contributed by atoms with van der Waals surface area (Å²) >= 11 is 0. The number of aliphatic hydroxyl groups excluding tert-OH is 1. The number of unbranched alkanes of at least 4 members (excludes halogenated alkanes) is 2. The van der Waals surface area contributed by atoms with Gasteiger partial charge in [-0.1, -0.05) is 80.6 Å². The molecule has 1 aromatic rings. The highest BCUT2D eigenvalue weighted by Crippen LogP contribution is 2.23. The second-order valence-corrected chi connectivity index (χ2v) is 7.26. The van der Waals surface area contributed by atoms with E-state index in [1.807, 2.05) is 18.2 Å². The SMILES string of the molecule is CCC.CCCC(C)C.CCCCOc1cc(CO)cc(OCCCC)c1. The molecule has 0 saturated heterocycles. The first-order chi connectivity index (χ1) is 13.0. The fourth-order valence-corrected chi connectivity index (χ4v) is 2.13. The van der Waals surface area contributed by atoms with E-state index >= 15 is 0 Å². The van der Waals surface area contributed by atoms with Crippen LogP contribution in [0.5, 0.6) is 11.5 Å². The monoisotopic (exact) mass is 382 g/mol. The summed E-state index contributed by atoms with van der Waals surface area (Å²) in [4.78, 5) is 0. The summed E-state index contributed by atoms with van der Waals surface area (Å²) in [5, 5.41) is 9.22. The third-order valence-electron chi connectivity index (χ3n) is 3.52. The third kappa shape index (κ3) is 19.3. The Hall–Kier alpha value is -1.22. The van der Waals surface area contributed by atoms with Gasteiger partial charge < -0.3 is 14.6 Å². The van der Waals surface area contributed by atoms with E-state index in [1.54, 1.807) is 0 Å². The van der Waals surface area contributed by atoms with E-state index in [9.17, 15) is 5.11 Å². The molecule has 0 unspecified atom stereocenters. The van der Waals surface area contributed by atoms with Crippen LogP contribution < -0.4 is 9.47 Å². The molecule has 1 rings (SSSR count). The molecule has 0 spiro atoms. The second kappa shape index (κ2) is 21.1. The molecule has 0 bridgehead atoms. The standard InChI is InChI=1S/C15H24O3.C6H14.C3H8/c1-3-5-7-17-14-9-13(12-16)10-15(11-14)18-8-6-4-2;1-4-5-6(2)3;1-3-2/h9-11,16H,3-8,12H2,1-2H3;6H,4-5H2,1-3H3;3H2,1-2H3. The quantitative estimate of drug-likeness (QED) is 0.405. The molecule has 0 heterocycles. The van der Waals surface area contributed by atoms with Gasteiger partial charge in [-0.3, -0.25) is 0 Å². The smallest absolute Gasteiger partial charge is 0.123 e. The molecular formula is C24H46O3. The van der Waals surface area contributed by atoms with Crippen molar-refractivity contribution in [2.75, 3.05) is 13.2 Å². The van der Waals surface area contributed by atoms with Crippen molar-refractivity contribution < 1.29 is 14.6 Å². The first-order valence-electron chi connectivity index (χ1n) is 11.0. The molecule has 1 N–H and O–H groups in total. The van der Waals surface area contributed by atoms with Crippen LogP contribution in [0.25, 0.3) is 0 Å². The fraction of sp³-hybridized carbons (Fsp3) is 0.750. The molecule has 3 nitrogen and oxygen atoms in total. The molecule has 27 heavy (non-hydrogen) atoms. The summed E-state index contributed by atoms with van der Waals surface area (Å²) in [5.74, 6) is 2.46. The average Bonchev–Trinajstić information content (AvgIpc) is 2.63. The third-order valence-corrected chi connectivity index (χ3v) is 3.52. The van der Waals surface area contributed by atoms with E-state index in [0.717, 1.165) is 48.7 Å². The number of hydrogen-bond donors (Lipinski definition) is 1. The van der Waals surface area contributed by atoms with E-state index in [0.29, 0.717) is 13.2 Å². The summed E-state index contributed by atoms with van der Waals surface area (Å²) < 4.78 is 11.3. The Kier molecular flexibility index (Phi) is 21.9. The summed E-state index contributed by atoms with van der Waals surface area (Å²) in [6, 6.07) is 5.62. The van der Waals surface area contributed by atoms with Gasteiger partial charge in [0.2, 0.25) is 0 Å². The second-order valence-electron chi connectivity index (χ2n) is 7.26. The van der Waals surface area contributed by atoms with Gasteiger partial charge in [-0.05, 0) is 36.5 Å². The number of rotatable bonds is 11. The van der Waals surface area contributed by atoms with E-state index in [-0.39, 0.29) is 6.61 Å². The summed E-state index contributed by atoms with van der Waals surface area (Å²) in [5.41, 5.74) is 0.829. The zero-order chi connectivity index (χ0) is 20.9. The number of hydrogen-bond acceptors (Lipinski definition) is 3. The molecule has 0 aliphatic heterocycles. The van der Waals surface area contributed by atoms with Crippen molar-refractivity contribution in [1.82, 2.24) is 0 Å². The fourth-order valence-electron chi connectivity index (χ4n) is 2.13. The Bertz CT molecular complexity index is 388. The van der Waals surface area contributed by atoms with Crippen LogP contribution >= 0.6 is 0 Å². The van der Waals surface area contributed by atoms with Crippen LogP contribution in [0.4, 0.5) is 0 Å². The van der Waals surface area contributed by atoms with E-state index in [2.05, 4.69) is 48.5 Å². The van der Waals surface area contributed by atoms with Gasteiger partial charge in [0, 0.05) is 6.07 Å². The Morgan fingerprint density at radius 2 is 1.22 bits per heavy atom. The number of aliphatic hydroxyl groups is 1. The zero-order valence-corrected chi connectivity index (χ0v) is 19.1. The predicted molar refractivity (Wildman–Crippen MR) is 119 cm³/mol. The van der Waals surface area contributed by atoms with E-state index < -0.39 is 0 Å². The van der Waals surface area contributed by atoms with Gasteiger partial charge in [0.15, 0.2) is 0 Å². The Labute approximate surface area is 169 Å². The van der Waals surface area contributed by atoms with Gasteiger partial charge in [-0.25, -0.2) is 0 Å². The lowest BCUT2D eigenvalue weighted by molar-refractivity contribution is 0.272. The Morgan fingerprint density at radius 1 is 0.778 bits per heavy atom. The molecule has 0 saturated carbocycles. The van der Waals surface area contributed by atoms with Crippen molar-refractivity contribution in [1.29, 1.82) is 0 Å². The molecule has 3 heteroatoms. The largest absolute Gasteiger partial charge is 0.493 e. The molecule has 0 amide bonds. The van der Waals surface area contributed by atoms with Gasteiger partial charge in [-0.2, -0.15) is 0 Å². The minimum Gasteiger partial charge on any atom is -0.493 e. The van der Waals surface area contributed by atoms with Gasteiger partial charge >= 0.3 is 0 Å². The molecule has 1 aromatic carbocycles. The van der Waals surface area contributed by atoms with Gasteiger partial charge in [-0.15, -0.1) is 0 Å². The molecule has 0 fully saturated rings. The highest BCUT2D eigenvalue weighted by Gasteiger charge is 2.03. The summed E-state index contributed by atoms with van der Waals surface area (Å²) in [6.45, 7) is 16.7. The van der Waals surface area contributed by atoms with Crippen molar-refractivity contribution in [3.8, 4) is 11.5 Å². The molecule has 0 aliphatic rings. The first-order valence-corrected chi connectivity index (χ1v) is 11.0. The molecule has 0 radical (unpaired) electrons. The van der Waals surface area contributed by atoms with E-state index in [1.165, 1.54) is 19.3 Å². The van der Waals surface area contributed by atoms with Gasteiger partial charge in [0.25, 0.3) is 0 Å². The van der Waals surface area contributed by atoms with Crippen molar-refractivity contribution >= 4 is 0 Å². The van der Waals surface area contributed by atoms with Crippen LogP contribution in [-0.4, -0.2) is 18.3 Å². The van der Waals surface area contributed by atoms with Crippen molar-refractivity contribution in [3.63, 3.8) is 0 Å². The van der Waals surface area contributed by atoms with Crippen LogP contribution in [0, 0.1) is 5.92 Å². The maximum atomic E-state index is 9.22. The molecular weight excluding hydrogens is 336 g/mol. The highest BCUT2D eigenvalue weighted by atomic mass is 16.5. The van der Waals surface area contributed by atoms with Gasteiger partial charge in [0.1, 0.15) is 11.5 Å². The number of benzene rings is 1. The Balaban J connectivity index is 0. The predicted octanol–water partition coefficient (Wildman–Crippen LogP) is 7.40. The van der Waals surface area contributed by atoms with Crippen molar-refractivity contribution in [2.45, 2.75) is 100 Å². The van der Waals surface area contributed by atoms with Crippen LogP contribution in [0.3, 0.4) is 0 Å². The normalized spacial score (nSPS) is 9.81. The minimum absolute atomic E-state index is 0.00904. The lowest BCUT2D eigenvalue weighted by atomic mass is 10.1. The molecule has 0 aromatic heterocycles. The number of ether oxygens (including phenoxy) is 2. The van der Waals surface area contributed by atoms with Crippen LogP contribution in [-0.2, 0) is 6.61 Å². The van der Waals surface area contributed by atoms with Gasteiger partial charge in [0.05, 0.1) is 19.8 Å². The van der Waals surface area contributed by atoms with Crippen molar-refractivity contribution in [3.05, 3.63) is 23.8 Å². The van der Waals surface area contributed by atoms with Crippen LogP contribution in [0.15, 0.2) is 18.2 Å². The maximum absolute atomic E-state index is 9.22. The average molecular weight is 383 g/mol. The van der Waals surface area contributed by atoms with Crippen LogP contribution in [0.1, 0.15) is 99.0 Å². The highest BCUT2D eigenvalue weighted by molar-refractivity contribution is 5.38. The topological polar surface area (TPSA) is 38.7 Å².